The van der Waals surface area contributed by atoms with Gasteiger partial charge < -0.3 is 48.5 Å². The first-order chi connectivity index (χ1) is 50.6. The SMILES string of the molecule is CCC(O)(c1ncc(-c2cc(C)cc(Nc3cc(C4CC4)ccn3)n2)s1)C1CCC(C(N)=O)CC1.CC[C@@](O)(c1ncc(-c2cc(C)cc(Nc3cc(C4CC4)ccn3)n2)s1)C1CCC(C(N)=O)CC1.CC[C@](O)(c1ncc(-c2cc(C)cc(Nc3cc(C4CC4)ccn3)n2)s1)C1CCC(C(N)=O)CC1. The van der Waals surface area contributed by atoms with E-state index in [9.17, 15) is 29.7 Å². The molecule has 552 valence electrons. The van der Waals surface area contributed by atoms with Crippen LogP contribution in [0.1, 0.15) is 222 Å². The summed E-state index contributed by atoms with van der Waals surface area (Å²) in [6.07, 6.45) is 29.2. The minimum Gasteiger partial charge on any atom is -0.382 e. The zero-order valence-electron chi connectivity index (χ0n) is 61.0. The number of aliphatic hydroxyl groups is 3. The van der Waals surface area contributed by atoms with Crippen LogP contribution in [0.25, 0.3) is 31.7 Å². The number of nitrogens with zero attached hydrogens (tertiary/aromatic N) is 9. The molecule has 9 aromatic rings. The summed E-state index contributed by atoms with van der Waals surface area (Å²) in [4.78, 5) is 79.3. The Balaban J connectivity index is 0.000000140. The van der Waals surface area contributed by atoms with Crippen molar-refractivity contribution in [3.05, 3.63) is 158 Å². The van der Waals surface area contributed by atoms with E-state index < -0.39 is 16.8 Å². The molecule has 0 radical (unpaired) electrons. The highest BCUT2D eigenvalue weighted by atomic mass is 32.1. The van der Waals surface area contributed by atoms with Gasteiger partial charge in [-0.25, -0.2) is 44.9 Å². The van der Waals surface area contributed by atoms with Gasteiger partial charge in [-0.05, 0) is 297 Å². The van der Waals surface area contributed by atoms with Crippen molar-refractivity contribution in [1.82, 2.24) is 44.9 Å². The van der Waals surface area contributed by atoms with Crippen LogP contribution in [0.3, 0.4) is 0 Å². The largest absolute Gasteiger partial charge is 0.382 e. The predicted octanol–water partition coefficient (Wildman–Crippen LogP) is 16.3. The molecule has 21 nitrogen and oxygen atoms in total. The number of pyridine rings is 6. The summed E-state index contributed by atoms with van der Waals surface area (Å²) in [6.45, 7) is 12.1. The molecule has 6 aliphatic rings. The van der Waals surface area contributed by atoms with Crippen molar-refractivity contribution in [2.24, 2.45) is 52.7 Å². The summed E-state index contributed by atoms with van der Waals surface area (Å²) in [5.41, 5.74) is 23.2. The monoisotopic (exact) mass is 1470 g/mol. The van der Waals surface area contributed by atoms with E-state index >= 15 is 0 Å². The molecular weight excluding hydrogens is 1380 g/mol. The van der Waals surface area contributed by atoms with E-state index in [1.54, 1.807) is 0 Å². The van der Waals surface area contributed by atoms with Gasteiger partial charge in [0.25, 0.3) is 0 Å². The van der Waals surface area contributed by atoms with Crippen LogP contribution in [-0.4, -0.2) is 77.9 Å². The smallest absolute Gasteiger partial charge is 0.220 e. The van der Waals surface area contributed by atoms with Crippen molar-refractivity contribution in [1.29, 1.82) is 0 Å². The van der Waals surface area contributed by atoms with E-state index in [1.807, 2.05) is 115 Å². The molecule has 9 aromatic heterocycles. The molecule has 105 heavy (non-hydrogen) atoms. The molecule has 6 aliphatic carbocycles. The van der Waals surface area contributed by atoms with E-state index in [-0.39, 0.29) is 53.2 Å². The number of amides is 3. The number of anilines is 6. The Morgan fingerprint density at radius 2 is 0.638 bits per heavy atom. The topological polar surface area (TPSA) is 342 Å². The van der Waals surface area contributed by atoms with E-state index in [2.05, 4.69) is 82.3 Å². The van der Waals surface area contributed by atoms with Gasteiger partial charge >= 0.3 is 0 Å². The fourth-order valence-corrected chi connectivity index (χ4v) is 19.1. The van der Waals surface area contributed by atoms with Gasteiger partial charge in [-0.15, -0.1) is 34.0 Å². The van der Waals surface area contributed by atoms with Crippen molar-refractivity contribution in [2.45, 2.75) is 211 Å². The number of nitrogens with one attached hydrogen (secondary N) is 3. The Morgan fingerprint density at radius 3 is 0.867 bits per heavy atom. The van der Waals surface area contributed by atoms with Gasteiger partial charge in [0, 0.05) is 54.9 Å². The average Bonchev–Trinajstić information content (AvgIpc) is 1.78. The first kappa shape index (κ1) is 74.7. The van der Waals surface area contributed by atoms with Gasteiger partial charge in [-0.2, -0.15) is 0 Å². The number of aromatic nitrogens is 9. The second-order valence-corrected chi connectivity index (χ2v) is 33.2. The van der Waals surface area contributed by atoms with Crippen molar-refractivity contribution in [2.75, 3.05) is 16.0 Å². The summed E-state index contributed by atoms with van der Waals surface area (Å²) in [5, 5.41) is 47.3. The van der Waals surface area contributed by atoms with Crippen molar-refractivity contribution in [3.63, 3.8) is 0 Å². The summed E-state index contributed by atoms with van der Waals surface area (Å²) in [5.74, 6) is 5.87. The number of rotatable bonds is 24. The molecule has 3 atom stereocenters. The lowest BCUT2D eigenvalue weighted by Crippen LogP contribution is -2.38. The molecule has 12 N–H and O–H groups in total. The average molecular weight is 1470 g/mol. The number of nitrogens with two attached hydrogens (primary N) is 3. The number of aryl methyl sites for hydroxylation is 3. The normalized spacial score (nSPS) is 21.9. The summed E-state index contributed by atoms with van der Waals surface area (Å²) in [7, 11) is 0. The first-order valence-corrected chi connectivity index (χ1v) is 40.1. The van der Waals surface area contributed by atoms with Gasteiger partial charge in [0.05, 0.1) is 31.7 Å². The van der Waals surface area contributed by atoms with Gasteiger partial charge in [0.2, 0.25) is 17.7 Å². The zero-order chi connectivity index (χ0) is 73.7. The third-order valence-electron chi connectivity index (χ3n) is 22.6. The van der Waals surface area contributed by atoms with Crippen LogP contribution in [0.15, 0.2) is 110 Å². The highest BCUT2D eigenvalue weighted by Gasteiger charge is 2.45. The molecule has 0 saturated heterocycles. The molecule has 3 amide bonds. The number of primary amides is 3. The van der Waals surface area contributed by atoms with E-state index in [0.29, 0.717) is 52.0 Å². The van der Waals surface area contributed by atoms with Crippen LogP contribution in [0.4, 0.5) is 34.9 Å². The molecular formula is C81H99N15O6S3. The van der Waals surface area contributed by atoms with Gasteiger partial charge in [0.15, 0.2) is 0 Å². The Bertz CT molecular complexity index is 4100. The lowest BCUT2D eigenvalue weighted by Gasteiger charge is -2.38. The van der Waals surface area contributed by atoms with E-state index in [0.717, 1.165) is 160 Å². The maximum Gasteiger partial charge on any atom is 0.220 e. The van der Waals surface area contributed by atoms with Crippen LogP contribution in [-0.2, 0) is 31.2 Å². The second kappa shape index (κ2) is 32.3. The fraction of sp³-hybridized carbons (Fsp3) is 0.481. The minimum atomic E-state index is -1.01. The predicted molar refractivity (Wildman–Crippen MR) is 415 cm³/mol. The van der Waals surface area contributed by atoms with E-state index in [4.69, 9.17) is 32.2 Å². The lowest BCUT2D eigenvalue weighted by atomic mass is 9.72. The first-order valence-electron chi connectivity index (χ1n) is 37.7. The van der Waals surface area contributed by atoms with Crippen molar-refractivity contribution >= 4 is 86.6 Å². The van der Waals surface area contributed by atoms with Gasteiger partial charge in [-0.1, -0.05) is 20.8 Å². The quantitative estimate of drug-likeness (QED) is 0.0271. The summed E-state index contributed by atoms with van der Waals surface area (Å²) in [6, 6.07) is 24.8. The lowest BCUT2D eigenvalue weighted by molar-refractivity contribution is -0.125. The minimum absolute atomic E-state index is 0.0645. The molecule has 1 unspecified atom stereocenters. The Morgan fingerprint density at radius 1 is 0.381 bits per heavy atom. The molecule has 0 aromatic carbocycles. The Kier molecular flexibility index (Phi) is 23.0. The molecule has 0 aliphatic heterocycles. The third-order valence-corrected chi connectivity index (χ3v) is 26.2. The summed E-state index contributed by atoms with van der Waals surface area (Å²) >= 11 is 4.49. The standard InChI is InChI=1S/3C27H33N5O2S/c3*1-3-27(34,20-8-6-18(7-9-20)25(28)33)26-30-15-22(35-26)21-12-16(2)13-24(31-21)32-23-14-19(10-11-29-23)17-4-5-17/h3*10-15,17-18,20,34H,3-9H2,1-2H3,(H2,28,33)(H,29,31,32)/t2*18?,20?,27-;/m10./s1. The fourth-order valence-electron chi connectivity index (χ4n) is 15.7. The molecule has 24 heteroatoms. The maximum absolute atomic E-state index is 11.7. The van der Waals surface area contributed by atoms with Crippen LogP contribution in [0.2, 0.25) is 0 Å². The molecule has 0 spiro atoms. The molecule has 6 fully saturated rings. The van der Waals surface area contributed by atoms with Crippen LogP contribution >= 0.6 is 34.0 Å². The molecule has 15 rings (SSSR count). The third kappa shape index (κ3) is 17.8. The number of thiazole rings is 3. The number of carbonyl (C=O) groups excluding carboxylic acids is 3. The van der Waals surface area contributed by atoms with Gasteiger partial charge in [-0.3, -0.25) is 14.4 Å². The van der Waals surface area contributed by atoms with E-state index in [1.165, 1.54) is 89.2 Å². The molecule has 6 saturated carbocycles. The van der Waals surface area contributed by atoms with Crippen LogP contribution < -0.4 is 33.2 Å². The number of carbonyl (C=O) groups is 3. The van der Waals surface area contributed by atoms with Crippen molar-refractivity contribution in [3.8, 4) is 31.7 Å². The highest BCUT2D eigenvalue weighted by molar-refractivity contribution is 7.15. The summed E-state index contributed by atoms with van der Waals surface area (Å²) < 4.78 is 0. The second-order valence-electron chi connectivity index (χ2n) is 30.1. The Hall–Kier alpha value is -8.52. The zero-order valence-corrected chi connectivity index (χ0v) is 63.4. The van der Waals surface area contributed by atoms with Crippen LogP contribution in [0.5, 0.6) is 0 Å². The van der Waals surface area contributed by atoms with Crippen molar-refractivity contribution < 1.29 is 29.7 Å². The Labute approximate surface area is 627 Å². The maximum atomic E-state index is 11.7. The highest BCUT2D eigenvalue weighted by Crippen LogP contribution is 2.50. The number of hydrogen-bond donors (Lipinski definition) is 9. The van der Waals surface area contributed by atoms with Crippen LogP contribution in [0, 0.1) is 56.3 Å². The molecule has 0 bridgehead atoms. The molecule has 9 heterocycles. The number of hydrogen-bond acceptors (Lipinski definition) is 21. The van der Waals surface area contributed by atoms with Gasteiger partial charge in [0.1, 0.15) is 66.7 Å².